The van der Waals surface area contributed by atoms with Crippen LogP contribution in [0.3, 0.4) is 0 Å². The van der Waals surface area contributed by atoms with Crippen LogP contribution in [0.2, 0.25) is 0 Å². The van der Waals surface area contributed by atoms with Crippen LogP contribution in [0, 0.1) is 0 Å². The molecule has 2 heterocycles. The maximum Gasteiger partial charge on any atom is 0.338 e. The number of nitrogens with zero attached hydrogens (tertiary/aromatic N) is 3. The summed E-state index contributed by atoms with van der Waals surface area (Å²) >= 11 is 0. The van der Waals surface area contributed by atoms with Crippen LogP contribution in [0.5, 0.6) is 0 Å². The number of benzene rings is 1. The number of carbonyl (C=O) groups is 1. The molecule has 0 radical (unpaired) electrons. The first-order valence-electron chi connectivity index (χ1n) is 6.58. The van der Waals surface area contributed by atoms with Crippen LogP contribution in [0.15, 0.2) is 42.5 Å². The van der Waals surface area contributed by atoms with Crippen molar-refractivity contribution < 1.29 is 9.53 Å². The lowest BCUT2D eigenvalue weighted by Crippen LogP contribution is -2.04. The third kappa shape index (κ3) is 2.43. The standard InChI is InChI=1S/C15H14N4O2/c1-2-21-14(20)11-8-6-10(7-9-11)12-4-3-5-13-17-15(16)18-19(12)13/h3-9H,2H2,1H3,(H2,16,18). The number of esters is 1. The van der Waals surface area contributed by atoms with Crippen LogP contribution < -0.4 is 5.73 Å². The van der Waals surface area contributed by atoms with E-state index in [1.165, 1.54) is 0 Å². The molecule has 21 heavy (non-hydrogen) atoms. The van der Waals surface area contributed by atoms with Crippen molar-refractivity contribution in [2.45, 2.75) is 6.92 Å². The Kier molecular flexibility index (Phi) is 3.27. The first kappa shape index (κ1) is 13.1. The Morgan fingerprint density at radius 2 is 2.00 bits per heavy atom. The molecule has 0 spiro atoms. The van der Waals surface area contributed by atoms with Crippen molar-refractivity contribution in [3.05, 3.63) is 48.0 Å². The lowest BCUT2D eigenvalue weighted by atomic mass is 10.1. The SMILES string of the molecule is CCOC(=O)c1ccc(-c2cccc3nc(N)nn23)cc1. The summed E-state index contributed by atoms with van der Waals surface area (Å²) in [6.07, 6.45) is 0. The molecule has 3 rings (SSSR count). The van der Waals surface area contributed by atoms with E-state index in [1.807, 2.05) is 30.3 Å². The Morgan fingerprint density at radius 1 is 1.24 bits per heavy atom. The van der Waals surface area contributed by atoms with Gasteiger partial charge in [0.05, 0.1) is 17.9 Å². The number of aromatic nitrogens is 3. The smallest absolute Gasteiger partial charge is 0.338 e. The molecule has 0 atom stereocenters. The van der Waals surface area contributed by atoms with E-state index in [1.54, 1.807) is 23.6 Å². The lowest BCUT2D eigenvalue weighted by molar-refractivity contribution is 0.0526. The zero-order valence-corrected chi connectivity index (χ0v) is 11.5. The molecule has 106 valence electrons. The predicted molar refractivity (Wildman–Crippen MR) is 78.8 cm³/mol. The normalized spacial score (nSPS) is 10.7. The summed E-state index contributed by atoms with van der Waals surface area (Å²) in [6, 6.07) is 12.8. The number of hydrogen-bond acceptors (Lipinski definition) is 5. The number of ether oxygens (including phenoxy) is 1. The van der Waals surface area contributed by atoms with E-state index in [0.29, 0.717) is 17.8 Å². The Balaban J connectivity index is 2.01. The molecule has 0 unspecified atom stereocenters. The second-order valence-corrected chi connectivity index (χ2v) is 4.45. The van der Waals surface area contributed by atoms with Gasteiger partial charge in [-0.1, -0.05) is 18.2 Å². The molecular formula is C15H14N4O2. The molecule has 1 aromatic carbocycles. The van der Waals surface area contributed by atoms with Crippen molar-refractivity contribution in [1.82, 2.24) is 14.6 Å². The summed E-state index contributed by atoms with van der Waals surface area (Å²) in [4.78, 5) is 15.8. The summed E-state index contributed by atoms with van der Waals surface area (Å²) in [5.74, 6) is -0.0992. The highest BCUT2D eigenvalue weighted by molar-refractivity contribution is 5.90. The number of carbonyl (C=O) groups excluding carboxylic acids is 1. The quantitative estimate of drug-likeness (QED) is 0.744. The minimum atomic E-state index is -0.327. The van der Waals surface area contributed by atoms with E-state index >= 15 is 0 Å². The summed E-state index contributed by atoms with van der Waals surface area (Å²) in [5, 5.41) is 4.17. The summed E-state index contributed by atoms with van der Waals surface area (Å²) in [7, 11) is 0. The maximum atomic E-state index is 11.6. The second kappa shape index (κ2) is 5.24. The zero-order chi connectivity index (χ0) is 14.8. The van der Waals surface area contributed by atoms with Gasteiger partial charge in [-0.05, 0) is 31.2 Å². The van der Waals surface area contributed by atoms with Crippen molar-refractivity contribution >= 4 is 17.6 Å². The first-order chi connectivity index (χ1) is 10.2. The molecule has 2 aromatic heterocycles. The summed E-state index contributed by atoms with van der Waals surface area (Å²) in [5.41, 5.74) is 8.60. The fourth-order valence-corrected chi connectivity index (χ4v) is 2.13. The molecule has 6 heteroatoms. The fraction of sp³-hybridized carbons (Fsp3) is 0.133. The van der Waals surface area contributed by atoms with E-state index in [0.717, 1.165) is 11.3 Å². The predicted octanol–water partition coefficient (Wildman–Crippen LogP) is 2.16. The first-order valence-corrected chi connectivity index (χ1v) is 6.58. The number of nitrogens with two attached hydrogens (primary N) is 1. The average molecular weight is 282 g/mol. The molecule has 2 N–H and O–H groups in total. The summed E-state index contributed by atoms with van der Waals surface area (Å²) < 4.78 is 6.64. The highest BCUT2D eigenvalue weighted by Crippen LogP contribution is 2.21. The fourth-order valence-electron chi connectivity index (χ4n) is 2.13. The van der Waals surface area contributed by atoms with Crippen molar-refractivity contribution in [3.8, 4) is 11.3 Å². The molecule has 0 fully saturated rings. The number of anilines is 1. The number of pyridine rings is 1. The van der Waals surface area contributed by atoms with Crippen LogP contribution in [-0.2, 0) is 4.74 Å². The van der Waals surface area contributed by atoms with Gasteiger partial charge in [-0.2, -0.15) is 4.98 Å². The van der Waals surface area contributed by atoms with E-state index in [4.69, 9.17) is 10.5 Å². The van der Waals surface area contributed by atoms with Crippen LogP contribution in [0.25, 0.3) is 16.9 Å². The minimum Gasteiger partial charge on any atom is -0.462 e. The minimum absolute atomic E-state index is 0.227. The van der Waals surface area contributed by atoms with Crippen LogP contribution in [0.4, 0.5) is 5.95 Å². The van der Waals surface area contributed by atoms with Crippen LogP contribution >= 0.6 is 0 Å². The highest BCUT2D eigenvalue weighted by atomic mass is 16.5. The van der Waals surface area contributed by atoms with Crippen molar-refractivity contribution in [3.63, 3.8) is 0 Å². The topological polar surface area (TPSA) is 82.5 Å². The molecular weight excluding hydrogens is 268 g/mol. The number of rotatable bonds is 3. The monoisotopic (exact) mass is 282 g/mol. The van der Waals surface area contributed by atoms with Gasteiger partial charge in [0, 0.05) is 5.56 Å². The van der Waals surface area contributed by atoms with E-state index in [2.05, 4.69) is 10.1 Å². The van der Waals surface area contributed by atoms with Crippen LogP contribution in [-0.4, -0.2) is 27.2 Å². The zero-order valence-electron chi connectivity index (χ0n) is 11.5. The van der Waals surface area contributed by atoms with E-state index in [-0.39, 0.29) is 11.9 Å². The largest absolute Gasteiger partial charge is 0.462 e. The Labute approximate surface area is 121 Å². The van der Waals surface area contributed by atoms with Crippen molar-refractivity contribution in [2.75, 3.05) is 12.3 Å². The molecule has 0 aliphatic rings. The highest BCUT2D eigenvalue weighted by Gasteiger charge is 2.09. The van der Waals surface area contributed by atoms with Gasteiger partial charge in [0.15, 0.2) is 5.65 Å². The number of fused-ring (bicyclic) bond motifs is 1. The number of hydrogen-bond donors (Lipinski definition) is 1. The van der Waals surface area contributed by atoms with Crippen molar-refractivity contribution in [2.24, 2.45) is 0 Å². The molecule has 6 nitrogen and oxygen atoms in total. The van der Waals surface area contributed by atoms with Gasteiger partial charge in [-0.25, -0.2) is 9.31 Å². The van der Waals surface area contributed by atoms with Gasteiger partial charge in [-0.15, -0.1) is 5.10 Å². The molecule has 0 saturated carbocycles. The van der Waals surface area contributed by atoms with Gasteiger partial charge < -0.3 is 10.5 Å². The molecule has 0 bridgehead atoms. The maximum absolute atomic E-state index is 11.6. The van der Waals surface area contributed by atoms with Crippen LogP contribution in [0.1, 0.15) is 17.3 Å². The van der Waals surface area contributed by atoms with Gasteiger partial charge >= 0.3 is 5.97 Å². The molecule has 0 amide bonds. The average Bonchev–Trinajstić information content (AvgIpc) is 2.87. The van der Waals surface area contributed by atoms with Gasteiger partial charge in [0.1, 0.15) is 0 Å². The van der Waals surface area contributed by atoms with E-state index in [9.17, 15) is 4.79 Å². The summed E-state index contributed by atoms with van der Waals surface area (Å²) in [6.45, 7) is 2.14. The Bertz CT molecular complexity index is 793. The third-order valence-corrected chi connectivity index (χ3v) is 3.07. The second-order valence-electron chi connectivity index (χ2n) is 4.45. The number of nitrogen functional groups attached to an aromatic ring is 1. The molecule has 0 aliphatic carbocycles. The van der Waals surface area contributed by atoms with E-state index < -0.39 is 0 Å². The lowest BCUT2D eigenvalue weighted by Gasteiger charge is -2.06. The van der Waals surface area contributed by atoms with Crippen molar-refractivity contribution in [1.29, 1.82) is 0 Å². The van der Waals surface area contributed by atoms with Gasteiger partial charge in [-0.3, -0.25) is 0 Å². The molecule has 3 aromatic rings. The Hall–Kier alpha value is -2.89. The Morgan fingerprint density at radius 3 is 2.71 bits per heavy atom. The molecule has 0 saturated heterocycles. The molecule has 0 aliphatic heterocycles. The third-order valence-electron chi connectivity index (χ3n) is 3.07. The van der Waals surface area contributed by atoms with Gasteiger partial charge in [0.25, 0.3) is 0 Å². The van der Waals surface area contributed by atoms with Gasteiger partial charge in [0.2, 0.25) is 5.95 Å².